The fourth-order valence-corrected chi connectivity index (χ4v) is 3.12. The minimum absolute atomic E-state index is 0.534. The van der Waals surface area contributed by atoms with Crippen LogP contribution in [0.4, 0.5) is 5.69 Å². The zero-order valence-electron chi connectivity index (χ0n) is 14.3. The monoisotopic (exact) mass is 289 g/mol. The average molecular weight is 289 g/mol. The average Bonchev–Trinajstić information content (AvgIpc) is 2.45. The highest BCUT2D eigenvalue weighted by Gasteiger charge is 2.21. The first-order chi connectivity index (χ1) is 9.97. The molecular formula is C18H31N3. The number of anilines is 1. The number of aryl methyl sites for hydroxylation is 1. The molecule has 1 saturated heterocycles. The van der Waals surface area contributed by atoms with Gasteiger partial charge in [-0.25, -0.2) is 0 Å². The summed E-state index contributed by atoms with van der Waals surface area (Å²) in [7, 11) is 4.47. The van der Waals surface area contributed by atoms with Crippen LogP contribution in [0.15, 0.2) is 18.2 Å². The van der Waals surface area contributed by atoms with E-state index in [-0.39, 0.29) is 0 Å². The van der Waals surface area contributed by atoms with Crippen molar-refractivity contribution < 1.29 is 0 Å². The molecule has 3 nitrogen and oxygen atoms in total. The van der Waals surface area contributed by atoms with E-state index in [0.29, 0.717) is 12.1 Å². The highest BCUT2D eigenvalue weighted by Crippen LogP contribution is 2.25. The molecule has 21 heavy (non-hydrogen) atoms. The van der Waals surface area contributed by atoms with Crippen LogP contribution in [0.5, 0.6) is 0 Å². The topological polar surface area (TPSA) is 18.5 Å². The van der Waals surface area contributed by atoms with Crippen molar-refractivity contribution in [3.05, 3.63) is 29.3 Å². The lowest BCUT2D eigenvalue weighted by molar-refractivity contribution is 0.253. The Balaban J connectivity index is 2.02. The highest BCUT2D eigenvalue weighted by molar-refractivity contribution is 5.54. The maximum atomic E-state index is 3.49. The normalized spacial score (nSPS) is 17.4. The van der Waals surface area contributed by atoms with Crippen molar-refractivity contribution >= 4 is 5.69 Å². The standard InChI is InChI=1S/C18H31N3/c1-14(2)19-13-16-6-7-18(15(3)12-16)21(5)17-8-10-20(4)11-9-17/h6-7,12,14,17,19H,8-11,13H2,1-5H3. The molecule has 1 aliphatic rings. The van der Waals surface area contributed by atoms with Gasteiger partial charge >= 0.3 is 0 Å². The third kappa shape index (κ3) is 4.45. The Morgan fingerprint density at radius 3 is 2.52 bits per heavy atom. The van der Waals surface area contributed by atoms with Crippen LogP contribution in [0, 0.1) is 6.92 Å². The SMILES string of the molecule is Cc1cc(CNC(C)C)ccc1N(C)C1CCN(C)CC1. The Hall–Kier alpha value is -1.06. The van der Waals surface area contributed by atoms with E-state index in [2.05, 4.69) is 68.2 Å². The van der Waals surface area contributed by atoms with Crippen molar-refractivity contribution in [2.75, 3.05) is 32.1 Å². The minimum Gasteiger partial charge on any atom is -0.371 e. The van der Waals surface area contributed by atoms with Gasteiger partial charge in [0, 0.05) is 31.4 Å². The fraction of sp³-hybridized carbons (Fsp3) is 0.667. The maximum Gasteiger partial charge on any atom is 0.0396 e. The van der Waals surface area contributed by atoms with E-state index in [1.807, 2.05) is 0 Å². The zero-order valence-corrected chi connectivity index (χ0v) is 14.3. The number of nitrogens with zero attached hydrogens (tertiary/aromatic N) is 2. The predicted molar refractivity (Wildman–Crippen MR) is 92.1 cm³/mol. The first-order valence-electron chi connectivity index (χ1n) is 8.21. The summed E-state index contributed by atoms with van der Waals surface area (Å²) in [5.74, 6) is 0. The van der Waals surface area contributed by atoms with Crippen molar-refractivity contribution in [1.82, 2.24) is 10.2 Å². The van der Waals surface area contributed by atoms with Gasteiger partial charge in [0.2, 0.25) is 0 Å². The molecule has 0 saturated carbocycles. The molecule has 0 atom stereocenters. The molecule has 0 bridgehead atoms. The smallest absolute Gasteiger partial charge is 0.0396 e. The molecule has 0 radical (unpaired) electrons. The summed E-state index contributed by atoms with van der Waals surface area (Å²) in [5, 5.41) is 3.49. The van der Waals surface area contributed by atoms with Crippen molar-refractivity contribution in [1.29, 1.82) is 0 Å². The Morgan fingerprint density at radius 2 is 1.95 bits per heavy atom. The van der Waals surface area contributed by atoms with Crippen molar-refractivity contribution in [3.63, 3.8) is 0 Å². The van der Waals surface area contributed by atoms with Crippen LogP contribution in [0.3, 0.4) is 0 Å². The van der Waals surface area contributed by atoms with E-state index >= 15 is 0 Å². The molecule has 1 fully saturated rings. The molecule has 1 aromatic carbocycles. The summed E-state index contributed by atoms with van der Waals surface area (Å²) in [5.41, 5.74) is 4.15. The van der Waals surface area contributed by atoms with Gasteiger partial charge in [-0.2, -0.15) is 0 Å². The van der Waals surface area contributed by atoms with E-state index in [1.54, 1.807) is 0 Å². The van der Waals surface area contributed by atoms with Crippen LogP contribution in [0.25, 0.3) is 0 Å². The van der Waals surface area contributed by atoms with Crippen LogP contribution >= 0.6 is 0 Å². The van der Waals surface area contributed by atoms with Gasteiger partial charge in [-0.15, -0.1) is 0 Å². The molecule has 1 N–H and O–H groups in total. The maximum absolute atomic E-state index is 3.49. The van der Waals surface area contributed by atoms with Crippen LogP contribution in [-0.4, -0.2) is 44.2 Å². The third-order valence-corrected chi connectivity index (χ3v) is 4.59. The second kappa shape index (κ2) is 7.28. The molecule has 1 aliphatic heterocycles. The van der Waals surface area contributed by atoms with E-state index in [0.717, 1.165) is 6.54 Å². The summed E-state index contributed by atoms with van der Waals surface area (Å²) in [6, 6.07) is 8.11. The van der Waals surface area contributed by atoms with Crippen molar-refractivity contribution in [2.24, 2.45) is 0 Å². The molecule has 0 spiro atoms. The van der Waals surface area contributed by atoms with Gasteiger partial charge < -0.3 is 15.1 Å². The number of piperidine rings is 1. The van der Waals surface area contributed by atoms with E-state index in [9.17, 15) is 0 Å². The molecule has 118 valence electrons. The molecule has 1 heterocycles. The lowest BCUT2D eigenvalue weighted by atomic mass is 10.0. The van der Waals surface area contributed by atoms with Gasteiger partial charge in [0.15, 0.2) is 0 Å². The summed E-state index contributed by atoms with van der Waals surface area (Å²) < 4.78 is 0. The number of rotatable bonds is 5. The first kappa shape index (κ1) is 16.3. The van der Waals surface area contributed by atoms with E-state index < -0.39 is 0 Å². The minimum atomic E-state index is 0.534. The van der Waals surface area contributed by atoms with Gasteiger partial charge in [-0.3, -0.25) is 0 Å². The second-order valence-electron chi connectivity index (χ2n) is 6.80. The Bertz CT molecular complexity index is 448. The molecule has 1 aromatic rings. The Labute approximate surface area is 130 Å². The summed E-state index contributed by atoms with van der Waals surface area (Å²) in [4.78, 5) is 4.92. The lowest BCUT2D eigenvalue weighted by Gasteiger charge is -2.37. The molecule has 0 aromatic heterocycles. The second-order valence-corrected chi connectivity index (χ2v) is 6.80. The summed E-state index contributed by atoms with van der Waals surface area (Å²) in [6.07, 6.45) is 2.53. The Kier molecular flexibility index (Phi) is 5.65. The molecule has 0 aliphatic carbocycles. The van der Waals surface area contributed by atoms with Gasteiger partial charge in [-0.1, -0.05) is 26.0 Å². The van der Waals surface area contributed by atoms with Crippen LogP contribution < -0.4 is 10.2 Å². The van der Waals surface area contributed by atoms with E-state index in [1.165, 1.54) is 42.7 Å². The van der Waals surface area contributed by atoms with Crippen molar-refractivity contribution in [3.8, 4) is 0 Å². The van der Waals surface area contributed by atoms with Gasteiger partial charge in [-0.05, 0) is 57.1 Å². The lowest BCUT2D eigenvalue weighted by Crippen LogP contribution is -2.42. The van der Waals surface area contributed by atoms with Gasteiger partial charge in [0.05, 0.1) is 0 Å². The number of likely N-dealkylation sites (tertiary alicyclic amines) is 1. The van der Waals surface area contributed by atoms with Crippen LogP contribution in [0.2, 0.25) is 0 Å². The zero-order chi connectivity index (χ0) is 15.4. The number of nitrogens with one attached hydrogen (secondary N) is 1. The largest absolute Gasteiger partial charge is 0.371 e. The first-order valence-corrected chi connectivity index (χ1v) is 8.21. The molecule has 0 unspecified atom stereocenters. The fourth-order valence-electron chi connectivity index (χ4n) is 3.12. The Morgan fingerprint density at radius 1 is 1.29 bits per heavy atom. The summed E-state index contributed by atoms with van der Waals surface area (Å²) >= 11 is 0. The molecule has 3 heteroatoms. The quantitative estimate of drug-likeness (QED) is 0.899. The number of hydrogen-bond acceptors (Lipinski definition) is 3. The third-order valence-electron chi connectivity index (χ3n) is 4.59. The molecule has 2 rings (SSSR count). The van der Waals surface area contributed by atoms with Crippen LogP contribution in [0.1, 0.15) is 37.8 Å². The molecule has 0 amide bonds. The van der Waals surface area contributed by atoms with Crippen LogP contribution in [-0.2, 0) is 6.54 Å². The van der Waals surface area contributed by atoms with Gasteiger partial charge in [0.25, 0.3) is 0 Å². The predicted octanol–water partition coefficient (Wildman–Crippen LogP) is 3.02. The number of hydrogen-bond donors (Lipinski definition) is 1. The van der Waals surface area contributed by atoms with E-state index in [4.69, 9.17) is 0 Å². The molecular weight excluding hydrogens is 258 g/mol. The van der Waals surface area contributed by atoms with Gasteiger partial charge in [0.1, 0.15) is 0 Å². The summed E-state index contributed by atoms with van der Waals surface area (Å²) in [6.45, 7) is 10.00. The van der Waals surface area contributed by atoms with Crippen molar-refractivity contribution in [2.45, 2.75) is 52.2 Å². The number of benzene rings is 1. The highest BCUT2D eigenvalue weighted by atomic mass is 15.2.